The van der Waals surface area contributed by atoms with Crippen molar-refractivity contribution in [3.8, 4) is 11.8 Å². The second kappa shape index (κ2) is 6.52. The summed E-state index contributed by atoms with van der Waals surface area (Å²) in [5.41, 5.74) is 7.20. The number of nitrogens with zero attached hydrogens (tertiary/aromatic N) is 5. The zero-order valence-electron chi connectivity index (χ0n) is 14.9. The first kappa shape index (κ1) is 17.2. The van der Waals surface area contributed by atoms with Crippen molar-refractivity contribution in [3.05, 3.63) is 52.3 Å². The second-order valence-corrected chi connectivity index (χ2v) is 6.83. The van der Waals surface area contributed by atoms with Gasteiger partial charge in [-0.05, 0) is 31.0 Å². The van der Waals surface area contributed by atoms with E-state index in [1.54, 1.807) is 23.7 Å². The molecule has 3 heterocycles. The van der Waals surface area contributed by atoms with E-state index in [1.165, 1.54) is 23.0 Å². The highest BCUT2D eigenvalue weighted by Crippen LogP contribution is 2.34. The molecule has 0 amide bonds. The Hall–Kier alpha value is -3.18. The second-order valence-electron chi connectivity index (χ2n) is 6.83. The van der Waals surface area contributed by atoms with Gasteiger partial charge in [0.05, 0.1) is 12.0 Å². The smallest absolute Gasteiger partial charge is 0.278 e. The lowest BCUT2D eigenvalue weighted by atomic mass is 10.1. The molecule has 1 unspecified atom stereocenters. The SMILES string of the molecule is Cn1cnc2c(C#N)c(N3CCCC(N)C3)n(-c3cccc(F)c3)c2c1=O. The van der Waals surface area contributed by atoms with Crippen LogP contribution in [0, 0.1) is 17.1 Å². The molecule has 0 aliphatic carbocycles. The molecule has 1 saturated heterocycles. The molecule has 0 saturated carbocycles. The van der Waals surface area contributed by atoms with Crippen LogP contribution in [0.3, 0.4) is 0 Å². The minimum atomic E-state index is -0.421. The van der Waals surface area contributed by atoms with Crippen molar-refractivity contribution < 1.29 is 4.39 Å². The molecule has 1 fully saturated rings. The topological polar surface area (TPSA) is 92.9 Å². The third-order valence-corrected chi connectivity index (χ3v) is 4.94. The van der Waals surface area contributed by atoms with Gasteiger partial charge in [0.15, 0.2) is 0 Å². The Morgan fingerprint density at radius 2 is 2.22 bits per heavy atom. The predicted molar refractivity (Wildman–Crippen MR) is 100 cm³/mol. The molecule has 0 bridgehead atoms. The highest BCUT2D eigenvalue weighted by Gasteiger charge is 2.29. The van der Waals surface area contributed by atoms with Crippen LogP contribution in [-0.2, 0) is 7.05 Å². The maximum absolute atomic E-state index is 13.9. The number of anilines is 1. The van der Waals surface area contributed by atoms with Gasteiger partial charge in [0.2, 0.25) is 0 Å². The lowest BCUT2D eigenvalue weighted by Crippen LogP contribution is -2.43. The highest BCUT2D eigenvalue weighted by atomic mass is 19.1. The van der Waals surface area contributed by atoms with E-state index in [-0.39, 0.29) is 17.1 Å². The van der Waals surface area contributed by atoms with Gasteiger partial charge in [-0.2, -0.15) is 5.26 Å². The average Bonchev–Trinajstić information content (AvgIpc) is 2.99. The lowest BCUT2D eigenvalue weighted by Gasteiger charge is -2.33. The third kappa shape index (κ3) is 2.76. The molecule has 7 nitrogen and oxygen atoms in total. The molecule has 1 atom stereocenters. The number of nitriles is 1. The van der Waals surface area contributed by atoms with Crippen molar-refractivity contribution in [1.82, 2.24) is 14.1 Å². The summed E-state index contributed by atoms with van der Waals surface area (Å²) in [4.78, 5) is 19.2. The number of aryl methyl sites for hydroxylation is 1. The molecule has 8 heteroatoms. The quantitative estimate of drug-likeness (QED) is 0.745. The normalized spacial score (nSPS) is 17.3. The first-order valence-electron chi connectivity index (χ1n) is 8.78. The Balaban J connectivity index is 2.12. The maximum atomic E-state index is 13.9. The molecule has 0 spiro atoms. The van der Waals surface area contributed by atoms with Crippen LogP contribution in [0.2, 0.25) is 0 Å². The molecule has 27 heavy (non-hydrogen) atoms. The summed E-state index contributed by atoms with van der Waals surface area (Å²) in [5.74, 6) is 0.124. The Bertz CT molecular complexity index is 1130. The van der Waals surface area contributed by atoms with Crippen LogP contribution < -0.4 is 16.2 Å². The van der Waals surface area contributed by atoms with Gasteiger partial charge >= 0.3 is 0 Å². The minimum Gasteiger partial charge on any atom is -0.355 e. The first-order chi connectivity index (χ1) is 13.0. The monoisotopic (exact) mass is 366 g/mol. The Morgan fingerprint density at radius 3 is 2.93 bits per heavy atom. The van der Waals surface area contributed by atoms with Crippen LogP contribution >= 0.6 is 0 Å². The largest absolute Gasteiger partial charge is 0.355 e. The molecule has 3 aromatic rings. The van der Waals surface area contributed by atoms with E-state index in [0.29, 0.717) is 35.7 Å². The van der Waals surface area contributed by atoms with E-state index in [1.807, 2.05) is 4.90 Å². The lowest BCUT2D eigenvalue weighted by molar-refractivity contribution is 0.501. The van der Waals surface area contributed by atoms with Gasteiger partial charge in [-0.25, -0.2) is 9.37 Å². The standard InChI is InChI=1S/C19H19FN6O/c1-24-11-23-16-15(9-21)18(25-7-3-5-13(22)10-25)26(17(16)19(24)27)14-6-2-4-12(20)8-14/h2,4,6,8,11,13H,3,5,7,10,22H2,1H3. The van der Waals surface area contributed by atoms with Gasteiger partial charge in [0, 0.05) is 26.2 Å². The van der Waals surface area contributed by atoms with E-state index in [9.17, 15) is 14.4 Å². The third-order valence-electron chi connectivity index (χ3n) is 4.94. The number of nitrogens with two attached hydrogens (primary N) is 1. The van der Waals surface area contributed by atoms with Crippen LogP contribution in [-0.4, -0.2) is 33.2 Å². The number of aromatic nitrogens is 3. The van der Waals surface area contributed by atoms with Gasteiger partial charge in [-0.3, -0.25) is 9.36 Å². The predicted octanol–water partition coefficient (Wildman–Crippen LogP) is 1.66. The van der Waals surface area contributed by atoms with Crippen LogP contribution in [0.15, 0.2) is 35.4 Å². The number of hydrogen-bond acceptors (Lipinski definition) is 5. The van der Waals surface area contributed by atoms with E-state index < -0.39 is 5.82 Å². The average molecular weight is 366 g/mol. The number of hydrogen-bond donors (Lipinski definition) is 1. The molecule has 1 aliphatic heterocycles. The summed E-state index contributed by atoms with van der Waals surface area (Å²) in [6.07, 6.45) is 3.17. The van der Waals surface area contributed by atoms with Gasteiger partial charge in [0.1, 0.15) is 34.3 Å². The minimum absolute atomic E-state index is 0.0277. The number of halogens is 1. The summed E-state index contributed by atoms with van der Waals surface area (Å²) in [7, 11) is 1.60. The molecule has 2 N–H and O–H groups in total. The van der Waals surface area contributed by atoms with Crippen LogP contribution in [0.4, 0.5) is 10.2 Å². The van der Waals surface area contributed by atoms with Crippen molar-refractivity contribution in [2.45, 2.75) is 18.9 Å². The maximum Gasteiger partial charge on any atom is 0.278 e. The summed E-state index contributed by atoms with van der Waals surface area (Å²) < 4.78 is 16.9. The molecule has 1 aliphatic rings. The summed E-state index contributed by atoms with van der Waals surface area (Å²) in [6, 6.07) is 8.15. The highest BCUT2D eigenvalue weighted by molar-refractivity contribution is 5.91. The molecular formula is C19H19FN6O. The fraction of sp³-hybridized carbons (Fsp3) is 0.316. The van der Waals surface area contributed by atoms with E-state index in [2.05, 4.69) is 11.1 Å². The van der Waals surface area contributed by atoms with E-state index in [4.69, 9.17) is 5.73 Å². The van der Waals surface area contributed by atoms with Gasteiger partial charge in [-0.15, -0.1) is 0 Å². The van der Waals surface area contributed by atoms with Gasteiger partial charge in [0.25, 0.3) is 5.56 Å². The summed E-state index contributed by atoms with van der Waals surface area (Å²) >= 11 is 0. The summed E-state index contributed by atoms with van der Waals surface area (Å²) in [5, 5.41) is 9.84. The summed E-state index contributed by atoms with van der Waals surface area (Å²) in [6.45, 7) is 1.26. The number of piperidine rings is 1. The number of rotatable bonds is 2. The van der Waals surface area contributed by atoms with E-state index in [0.717, 1.165) is 12.8 Å². The molecule has 138 valence electrons. The molecule has 1 aromatic carbocycles. The Kier molecular flexibility index (Phi) is 4.16. The first-order valence-corrected chi connectivity index (χ1v) is 8.78. The van der Waals surface area contributed by atoms with Gasteiger partial charge in [-0.1, -0.05) is 6.07 Å². The fourth-order valence-electron chi connectivity index (χ4n) is 3.71. The van der Waals surface area contributed by atoms with Crippen molar-refractivity contribution in [3.63, 3.8) is 0 Å². The van der Waals surface area contributed by atoms with Crippen LogP contribution in [0.25, 0.3) is 16.7 Å². The van der Waals surface area contributed by atoms with Crippen LogP contribution in [0.5, 0.6) is 0 Å². The van der Waals surface area contributed by atoms with Gasteiger partial charge < -0.3 is 15.2 Å². The number of fused-ring (bicyclic) bond motifs is 1. The number of benzene rings is 1. The molecule has 4 rings (SSSR count). The van der Waals surface area contributed by atoms with E-state index >= 15 is 0 Å². The Morgan fingerprint density at radius 1 is 1.41 bits per heavy atom. The zero-order chi connectivity index (χ0) is 19.1. The zero-order valence-corrected chi connectivity index (χ0v) is 14.9. The van der Waals surface area contributed by atoms with Crippen molar-refractivity contribution in [2.75, 3.05) is 18.0 Å². The fourth-order valence-corrected chi connectivity index (χ4v) is 3.71. The molecule has 2 aromatic heterocycles. The van der Waals surface area contributed by atoms with Crippen molar-refractivity contribution in [2.24, 2.45) is 12.8 Å². The molecular weight excluding hydrogens is 347 g/mol. The van der Waals surface area contributed by atoms with Crippen molar-refractivity contribution >= 4 is 16.9 Å². The molecule has 0 radical (unpaired) electrons. The Labute approximate surface area is 155 Å². The van der Waals surface area contributed by atoms with Crippen LogP contribution in [0.1, 0.15) is 18.4 Å². The van der Waals surface area contributed by atoms with Crippen molar-refractivity contribution in [1.29, 1.82) is 5.26 Å².